The second kappa shape index (κ2) is 7.28. The molecule has 0 bridgehead atoms. The van der Waals surface area contributed by atoms with E-state index in [1.807, 2.05) is 6.07 Å². The number of carbonyl (C=O) groups excluding carboxylic acids is 1. The number of hydrogen-bond acceptors (Lipinski definition) is 4. The molecule has 2 N–H and O–H groups in total. The molecule has 0 spiro atoms. The maximum Gasteiger partial charge on any atom is 0.226 e. The van der Waals surface area contributed by atoms with Crippen LogP contribution in [0.3, 0.4) is 0 Å². The highest BCUT2D eigenvalue weighted by atomic mass is 16.2. The molecular weight excluding hydrogens is 364 g/mol. The van der Waals surface area contributed by atoms with E-state index >= 15 is 0 Å². The molecule has 4 rings (SSSR count). The first-order chi connectivity index (χ1) is 13.7. The highest BCUT2D eigenvalue weighted by Crippen LogP contribution is 2.37. The van der Waals surface area contributed by atoms with Gasteiger partial charge in [0.1, 0.15) is 11.2 Å². The molecule has 154 valence electrons. The fraction of sp³-hybridized carbons (Fsp3) is 0.545. The van der Waals surface area contributed by atoms with Gasteiger partial charge in [0.05, 0.1) is 11.9 Å². The maximum absolute atomic E-state index is 12.4. The van der Waals surface area contributed by atoms with Crippen molar-refractivity contribution in [2.24, 2.45) is 11.3 Å². The van der Waals surface area contributed by atoms with E-state index in [2.05, 4.69) is 47.9 Å². The first-order valence-corrected chi connectivity index (χ1v) is 10.4. The molecule has 3 heterocycles. The Balaban J connectivity index is 1.60. The third-order valence-corrected chi connectivity index (χ3v) is 5.90. The zero-order valence-electron chi connectivity index (χ0n) is 18.0. The molecule has 0 radical (unpaired) electrons. The van der Waals surface area contributed by atoms with Crippen LogP contribution in [0.2, 0.25) is 0 Å². The lowest BCUT2D eigenvalue weighted by molar-refractivity contribution is -0.118. The molecule has 1 aliphatic rings. The Bertz CT molecular complexity index is 1040. The molecule has 0 aliphatic heterocycles. The first kappa shape index (κ1) is 19.6. The number of imidazole rings is 1. The summed E-state index contributed by atoms with van der Waals surface area (Å²) in [4.78, 5) is 26.6. The van der Waals surface area contributed by atoms with Crippen molar-refractivity contribution >= 4 is 22.8 Å². The predicted octanol–water partition coefficient (Wildman–Crippen LogP) is 4.26. The van der Waals surface area contributed by atoms with Crippen LogP contribution in [-0.2, 0) is 17.6 Å². The van der Waals surface area contributed by atoms with Gasteiger partial charge in [-0.05, 0) is 43.1 Å². The van der Waals surface area contributed by atoms with E-state index < -0.39 is 0 Å². The van der Waals surface area contributed by atoms with Crippen molar-refractivity contribution in [2.75, 3.05) is 11.9 Å². The fourth-order valence-electron chi connectivity index (χ4n) is 3.95. The summed E-state index contributed by atoms with van der Waals surface area (Å²) >= 11 is 0. The van der Waals surface area contributed by atoms with Gasteiger partial charge in [-0.15, -0.1) is 0 Å². The Kier molecular flexibility index (Phi) is 4.92. The Morgan fingerprint density at radius 1 is 1.34 bits per heavy atom. The van der Waals surface area contributed by atoms with Crippen LogP contribution in [0, 0.1) is 11.3 Å². The number of fused-ring (bicyclic) bond motifs is 2. The third kappa shape index (κ3) is 3.91. The predicted molar refractivity (Wildman–Crippen MR) is 115 cm³/mol. The molecule has 1 amide bonds. The van der Waals surface area contributed by atoms with E-state index in [1.54, 1.807) is 18.1 Å². The van der Waals surface area contributed by atoms with E-state index in [-0.39, 0.29) is 5.91 Å². The molecule has 3 aromatic rings. The van der Waals surface area contributed by atoms with Crippen molar-refractivity contribution in [2.45, 2.75) is 59.8 Å². The minimum atomic E-state index is 0.0968. The molecule has 7 nitrogen and oxygen atoms in total. The van der Waals surface area contributed by atoms with Crippen LogP contribution < -0.4 is 4.90 Å². The zero-order valence-corrected chi connectivity index (χ0v) is 18.0. The zero-order chi connectivity index (χ0) is 20.8. The largest absolute Gasteiger partial charge is 0.321 e. The number of aromatic amines is 2. The molecule has 3 aromatic heterocycles. The minimum absolute atomic E-state index is 0.0968. The number of anilines is 1. The van der Waals surface area contributed by atoms with Gasteiger partial charge >= 0.3 is 0 Å². The van der Waals surface area contributed by atoms with Gasteiger partial charge < -0.3 is 9.88 Å². The average Bonchev–Trinajstić information content (AvgIpc) is 3.26. The summed E-state index contributed by atoms with van der Waals surface area (Å²) in [5, 5.41) is 7.75. The van der Waals surface area contributed by atoms with Gasteiger partial charge in [0.2, 0.25) is 5.91 Å². The highest BCUT2D eigenvalue weighted by molar-refractivity contribution is 5.94. The van der Waals surface area contributed by atoms with E-state index in [9.17, 15) is 4.79 Å². The van der Waals surface area contributed by atoms with Crippen LogP contribution >= 0.6 is 0 Å². The van der Waals surface area contributed by atoms with Crippen LogP contribution in [0.5, 0.6) is 0 Å². The third-order valence-electron chi connectivity index (χ3n) is 5.90. The lowest BCUT2D eigenvalue weighted by Gasteiger charge is -2.28. The number of amides is 1. The second-order valence-electron chi connectivity index (χ2n) is 9.40. The van der Waals surface area contributed by atoms with Crippen molar-refractivity contribution in [3.8, 4) is 11.5 Å². The van der Waals surface area contributed by atoms with Crippen LogP contribution in [0.1, 0.15) is 58.2 Å². The Labute approximate surface area is 171 Å². The van der Waals surface area contributed by atoms with Crippen molar-refractivity contribution in [3.63, 3.8) is 0 Å². The summed E-state index contributed by atoms with van der Waals surface area (Å²) < 4.78 is 0. The molecule has 29 heavy (non-hydrogen) atoms. The van der Waals surface area contributed by atoms with E-state index in [1.165, 1.54) is 11.3 Å². The molecule has 7 heteroatoms. The number of H-pyrrole nitrogens is 2. The molecular formula is C22H30N6O. The van der Waals surface area contributed by atoms with Crippen LogP contribution in [-0.4, -0.2) is 38.1 Å². The topological polar surface area (TPSA) is 90.6 Å². The smallest absolute Gasteiger partial charge is 0.226 e. The van der Waals surface area contributed by atoms with Gasteiger partial charge in [-0.1, -0.05) is 27.7 Å². The molecule has 0 fully saturated rings. The SMILES string of the molecule is CC(C)CCC(=O)N(C)c1cnc2[nH]c(-c3n[nH]c4c3CCC(C)(C)C4)nc2c1. The van der Waals surface area contributed by atoms with Crippen LogP contribution in [0.4, 0.5) is 5.69 Å². The lowest BCUT2D eigenvalue weighted by atomic mass is 9.76. The molecule has 0 atom stereocenters. The van der Waals surface area contributed by atoms with Crippen LogP contribution in [0.25, 0.3) is 22.7 Å². The van der Waals surface area contributed by atoms with Crippen molar-refractivity contribution in [3.05, 3.63) is 23.5 Å². The molecule has 0 aromatic carbocycles. The summed E-state index contributed by atoms with van der Waals surface area (Å²) in [6.45, 7) is 8.84. The fourth-order valence-corrected chi connectivity index (χ4v) is 3.95. The lowest BCUT2D eigenvalue weighted by Crippen LogP contribution is -2.26. The van der Waals surface area contributed by atoms with Gasteiger partial charge in [0.25, 0.3) is 0 Å². The molecule has 0 unspecified atom stereocenters. The number of hydrogen-bond donors (Lipinski definition) is 2. The van der Waals surface area contributed by atoms with Crippen molar-refractivity contribution in [1.29, 1.82) is 0 Å². The van der Waals surface area contributed by atoms with Gasteiger partial charge in [0, 0.05) is 24.7 Å². The number of nitrogens with one attached hydrogen (secondary N) is 2. The molecule has 0 saturated heterocycles. The van der Waals surface area contributed by atoms with E-state index in [0.717, 1.165) is 48.4 Å². The Hall–Kier alpha value is -2.70. The number of pyridine rings is 1. The molecule has 0 saturated carbocycles. The monoisotopic (exact) mass is 394 g/mol. The van der Waals surface area contributed by atoms with Gasteiger partial charge in [-0.2, -0.15) is 5.10 Å². The quantitative estimate of drug-likeness (QED) is 0.676. The normalized spacial score (nSPS) is 15.7. The summed E-state index contributed by atoms with van der Waals surface area (Å²) in [5.74, 6) is 1.34. The van der Waals surface area contributed by atoms with E-state index in [4.69, 9.17) is 4.98 Å². The number of nitrogens with zero attached hydrogens (tertiary/aromatic N) is 4. The van der Waals surface area contributed by atoms with Gasteiger partial charge in [-0.25, -0.2) is 9.97 Å². The van der Waals surface area contributed by atoms with Crippen molar-refractivity contribution < 1.29 is 4.79 Å². The maximum atomic E-state index is 12.4. The number of carbonyl (C=O) groups is 1. The van der Waals surface area contributed by atoms with Gasteiger partial charge in [-0.3, -0.25) is 9.89 Å². The second-order valence-corrected chi connectivity index (χ2v) is 9.40. The summed E-state index contributed by atoms with van der Waals surface area (Å²) in [6.07, 6.45) is 6.27. The first-order valence-electron chi connectivity index (χ1n) is 10.4. The van der Waals surface area contributed by atoms with Gasteiger partial charge in [0.15, 0.2) is 11.5 Å². The highest BCUT2D eigenvalue weighted by Gasteiger charge is 2.30. The number of aromatic nitrogens is 5. The summed E-state index contributed by atoms with van der Waals surface area (Å²) in [6, 6.07) is 1.91. The average molecular weight is 395 g/mol. The Morgan fingerprint density at radius 3 is 2.90 bits per heavy atom. The summed E-state index contributed by atoms with van der Waals surface area (Å²) in [5.41, 5.74) is 5.86. The minimum Gasteiger partial charge on any atom is -0.321 e. The standard InChI is InChI=1S/C22H30N6O/c1-13(2)6-7-18(29)28(5)14-10-16-20(23-12-14)25-21(24-16)19-15-8-9-22(3,4)11-17(15)26-27-19/h10,12-13H,6-9,11H2,1-5H3,(H,26,27)(H,23,24,25). The molecule has 1 aliphatic carbocycles. The summed E-state index contributed by atoms with van der Waals surface area (Å²) in [7, 11) is 1.80. The number of rotatable bonds is 5. The van der Waals surface area contributed by atoms with Crippen molar-refractivity contribution in [1.82, 2.24) is 25.1 Å². The Morgan fingerprint density at radius 2 is 2.14 bits per heavy atom. The van der Waals surface area contributed by atoms with Crippen LogP contribution in [0.15, 0.2) is 12.3 Å². The van der Waals surface area contributed by atoms with E-state index in [0.29, 0.717) is 23.4 Å².